The lowest BCUT2D eigenvalue weighted by molar-refractivity contribution is -0.137. The van der Waals surface area contributed by atoms with E-state index in [9.17, 15) is 0 Å². The molecule has 4 nitrogen and oxygen atoms in total. The molecule has 0 spiro atoms. The largest absolute Gasteiger partial charge is 0.417 e. The molecule has 4 heterocycles. The van der Waals surface area contributed by atoms with Gasteiger partial charge < -0.3 is 18.3 Å². The molecule has 0 radical (unpaired) electrons. The summed E-state index contributed by atoms with van der Waals surface area (Å²) >= 11 is 0. The fraction of sp³-hybridized carbons (Fsp3) is 0.0164. The number of para-hydroxylation sites is 6. The van der Waals surface area contributed by atoms with E-state index in [4.69, 9.17) is 0 Å². The summed E-state index contributed by atoms with van der Waals surface area (Å²) in [7, 11) is 0. The number of alkyl halides is 3. The lowest BCUT2D eigenvalue weighted by Crippen LogP contribution is -2.13. The lowest BCUT2D eigenvalue weighted by Gasteiger charge is -2.23. The molecule has 10 aromatic carbocycles. The van der Waals surface area contributed by atoms with Gasteiger partial charge >= 0.3 is 6.18 Å². The van der Waals surface area contributed by atoms with Gasteiger partial charge in [-0.2, -0.15) is 13.2 Å². The molecule has 0 saturated carbocycles. The number of halogens is 5. The number of benzene rings is 10. The number of nitrogens with zero attached hydrogens (tertiary/aromatic N) is 4. The third kappa shape index (κ3) is 5.57. The van der Waals surface area contributed by atoms with Gasteiger partial charge in [0.25, 0.3) is 0 Å². The summed E-state index contributed by atoms with van der Waals surface area (Å²) in [6.07, 6.45) is -5.06. The first-order chi connectivity index (χ1) is 34.3. The van der Waals surface area contributed by atoms with E-state index < -0.39 is 34.5 Å². The Morgan fingerprint density at radius 1 is 0.300 bits per heavy atom. The van der Waals surface area contributed by atoms with Crippen LogP contribution in [0.5, 0.6) is 0 Å². The minimum atomic E-state index is -5.06. The van der Waals surface area contributed by atoms with Crippen LogP contribution in [0.2, 0.25) is 0 Å². The van der Waals surface area contributed by atoms with Crippen molar-refractivity contribution in [2.75, 3.05) is 0 Å². The standard InChI is InChI=1S/C61H35F5N4/c62-48-24-15-25-49(63)56(48)46-34-54(69-52-28-13-9-22-40(52)44-32-30-42-38-20-7-11-26-50(38)67(57(42)59(44)69)36-16-3-1-4-17-36)55(35-47(46)61(64,65)66)70-53-29-14-10-23-41(53)45-33-31-43-39-21-8-12-27-51(39)68(58(43)60(45)70)37-18-5-2-6-19-37/h1-35H. The van der Waals surface area contributed by atoms with Gasteiger partial charge in [0.2, 0.25) is 0 Å². The van der Waals surface area contributed by atoms with Crippen LogP contribution in [0.15, 0.2) is 212 Å². The summed E-state index contributed by atoms with van der Waals surface area (Å²) in [5.74, 6) is -2.21. The summed E-state index contributed by atoms with van der Waals surface area (Å²) in [5.41, 5.74) is 5.85. The average molecular weight is 919 g/mol. The van der Waals surface area contributed by atoms with Crippen LogP contribution in [0.4, 0.5) is 22.0 Å². The third-order valence-corrected chi connectivity index (χ3v) is 14.1. The van der Waals surface area contributed by atoms with Gasteiger partial charge in [0.1, 0.15) is 11.6 Å². The third-order valence-electron chi connectivity index (χ3n) is 14.1. The Hall–Kier alpha value is -8.95. The molecule has 0 unspecified atom stereocenters. The summed E-state index contributed by atoms with van der Waals surface area (Å²) in [6.45, 7) is 0. The Kier molecular flexibility index (Phi) is 8.47. The van der Waals surface area contributed by atoms with Crippen molar-refractivity contribution in [3.63, 3.8) is 0 Å². The fourth-order valence-corrected chi connectivity index (χ4v) is 11.3. The topological polar surface area (TPSA) is 19.7 Å². The number of hydrogen-bond acceptors (Lipinski definition) is 0. The van der Waals surface area contributed by atoms with Crippen molar-refractivity contribution >= 4 is 87.2 Å². The second-order valence-corrected chi connectivity index (χ2v) is 17.8. The van der Waals surface area contributed by atoms with Gasteiger partial charge in [-0.25, -0.2) is 8.78 Å². The Labute approximate surface area is 395 Å². The highest BCUT2D eigenvalue weighted by molar-refractivity contribution is 6.26. The molecule has 0 aliphatic carbocycles. The van der Waals surface area contributed by atoms with Crippen molar-refractivity contribution in [3.05, 3.63) is 230 Å². The van der Waals surface area contributed by atoms with E-state index in [1.165, 1.54) is 6.07 Å². The predicted molar refractivity (Wildman–Crippen MR) is 274 cm³/mol. The van der Waals surface area contributed by atoms with Gasteiger partial charge in [-0.15, -0.1) is 0 Å². The van der Waals surface area contributed by atoms with Crippen molar-refractivity contribution in [1.29, 1.82) is 0 Å². The number of aromatic nitrogens is 4. The monoisotopic (exact) mass is 918 g/mol. The van der Waals surface area contributed by atoms with Crippen LogP contribution in [0.1, 0.15) is 5.56 Å². The number of fused-ring (bicyclic) bond motifs is 14. The fourth-order valence-electron chi connectivity index (χ4n) is 11.3. The highest BCUT2D eigenvalue weighted by Gasteiger charge is 2.38. The van der Waals surface area contributed by atoms with E-state index in [0.29, 0.717) is 22.1 Å². The Morgan fingerprint density at radius 3 is 1.01 bits per heavy atom. The highest BCUT2D eigenvalue weighted by Crippen LogP contribution is 2.49. The van der Waals surface area contributed by atoms with Gasteiger partial charge in [-0.05, 0) is 72.8 Å². The first-order valence-corrected chi connectivity index (χ1v) is 23.0. The summed E-state index contributed by atoms with van der Waals surface area (Å²) in [4.78, 5) is 0. The molecule has 0 fully saturated rings. The SMILES string of the molecule is Fc1cccc(F)c1-c1cc(-n2c3ccccc3c3ccc4c5ccccc5n(-c5ccccc5)c4c32)c(-n2c3ccccc3c3ccc4c5ccccc5n(-c5ccccc5)c4c32)cc1C(F)(F)F. The molecule has 70 heavy (non-hydrogen) atoms. The van der Waals surface area contributed by atoms with Gasteiger partial charge in [-0.1, -0.05) is 140 Å². The average Bonchev–Trinajstić information content (AvgIpc) is 4.11. The maximum absolute atomic E-state index is 16.3. The van der Waals surface area contributed by atoms with Crippen molar-refractivity contribution < 1.29 is 22.0 Å². The Balaban J connectivity index is 1.26. The molecule has 0 aliphatic heterocycles. The minimum absolute atomic E-state index is 0.165. The van der Waals surface area contributed by atoms with Crippen LogP contribution >= 0.6 is 0 Å². The molecule has 0 bridgehead atoms. The molecule has 9 heteroatoms. The molecule has 4 aromatic heterocycles. The zero-order chi connectivity index (χ0) is 47.0. The Bertz CT molecular complexity index is 4460. The summed E-state index contributed by atoms with van der Waals surface area (Å²) in [6, 6.07) is 65.7. The Morgan fingerprint density at radius 2 is 0.629 bits per heavy atom. The molecule has 14 aromatic rings. The molecule has 0 amide bonds. The van der Waals surface area contributed by atoms with Gasteiger partial charge in [0.05, 0.1) is 66.6 Å². The van der Waals surface area contributed by atoms with Crippen LogP contribution in [0, 0.1) is 11.6 Å². The minimum Gasteiger partial charge on any atom is -0.307 e. The van der Waals surface area contributed by atoms with Crippen LogP contribution in [-0.2, 0) is 6.18 Å². The molecule has 0 aliphatic rings. The zero-order valence-electron chi connectivity index (χ0n) is 36.9. The number of hydrogen-bond donors (Lipinski definition) is 0. The van der Waals surface area contributed by atoms with Crippen LogP contribution in [0.3, 0.4) is 0 Å². The normalized spacial score (nSPS) is 12.4. The van der Waals surface area contributed by atoms with Crippen molar-refractivity contribution in [3.8, 4) is 33.9 Å². The first-order valence-electron chi connectivity index (χ1n) is 23.0. The zero-order valence-corrected chi connectivity index (χ0v) is 36.9. The predicted octanol–water partition coefficient (Wildman–Crippen LogP) is 17.0. The van der Waals surface area contributed by atoms with E-state index in [2.05, 4.69) is 51.6 Å². The second-order valence-electron chi connectivity index (χ2n) is 17.8. The van der Waals surface area contributed by atoms with Crippen molar-refractivity contribution in [2.45, 2.75) is 6.18 Å². The van der Waals surface area contributed by atoms with E-state index in [-0.39, 0.29) is 11.4 Å². The highest BCUT2D eigenvalue weighted by atomic mass is 19.4. The molecule has 0 N–H and O–H groups in total. The lowest BCUT2D eigenvalue weighted by atomic mass is 9.96. The summed E-state index contributed by atoms with van der Waals surface area (Å²) in [5, 5.41) is 7.13. The van der Waals surface area contributed by atoms with Gasteiger partial charge in [0, 0.05) is 60.0 Å². The van der Waals surface area contributed by atoms with E-state index in [0.717, 1.165) is 101 Å². The van der Waals surface area contributed by atoms with Gasteiger partial charge in [-0.3, -0.25) is 0 Å². The molecule has 0 saturated heterocycles. The molecular formula is C61H35F5N4. The maximum atomic E-state index is 16.3. The second kappa shape index (κ2) is 14.8. The molecule has 14 rings (SSSR count). The maximum Gasteiger partial charge on any atom is 0.417 e. The quantitative estimate of drug-likeness (QED) is 0.153. The van der Waals surface area contributed by atoms with Gasteiger partial charge in [0.15, 0.2) is 0 Å². The van der Waals surface area contributed by atoms with Crippen molar-refractivity contribution in [2.24, 2.45) is 0 Å². The van der Waals surface area contributed by atoms with Crippen molar-refractivity contribution in [1.82, 2.24) is 18.3 Å². The number of rotatable bonds is 5. The molecular weight excluding hydrogens is 884 g/mol. The van der Waals surface area contributed by atoms with Crippen LogP contribution < -0.4 is 0 Å². The molecule has 334 valence electrons. The van der Waals surface area contributed by atoms with Crippen LogP contribution in [0.25, 0.3) is 121 Å². The molecule has 0 atom stereocenters. The summed E-state index contributed by atoms with van der Waals surface area (Å²) < 4.78 is 89.5. The van der Waals surface area contributed by atoms with E-state index in [1.807, 2.05) is 149 Å². The van der Waals surface area contributed by atoms with Crippen LogP contribution in [-0.4, -0.2) is 18.3 Å². The first kappa shape index (κ1) is 40.1. The van der Waals surface area contributed by atoms with E-state index in [1.54, 1.807) is 0 Å². The van der Waals surface area contributed by atoms with E-state index >= 15 is 22.0 Å². The smallest absolute Gasteiger partial charge is 0.307 e.